The highest BCUT2D eigenvalue weighted by atomic mass is 14.9. The van der Waals surface area contributed by atoms with Crippen molar-refractivity contribution < 1.29 is 0 Å². The zero-order valence-corrected chi connectivity index (χ0v) is 8.52. The predicted molar refractivity (Wildman–Crippen MR) is 55.6 cm³/mol. The molecule has 1 aliphatic carbocycles. The Hall–Kier alpha value is -0.0800. The number of rotatable bonds is 3. The summed E-state index contributed by atoms with van der Waals surface area (Å²) in [4.78, 5) is 0. The van der Waals surface area contributed by atoms with Gasteiger partial charge in [-0.25, -0.2) is 0 Å². The zero-order valence-electron chi connectivity index (χ0n) is 8.52. The Bertz CT molecular complexity index is 157. The van der Waals surface area contributed by atoms with Crippen LogP contribution in [0.4, 0.5) is 0 Å². The molecule has 1 unspecified atom stereocenters. The smallest absolute Gasteiger partial charge is 0.0155 e. The minimum absolute atomic E-state index is 0.235. The van der Waals surface area contributed by atoms with Crippen LogP contribution in [0.2, 0.25) is 0 Å². The van der Waals surface area contributed by atoms with Gasteiger partial charge in [-0.3, -0.25) is 0 Å². The monoisotopic (exact) mass is 182 g/mol. The summed E-state index contributed by atoms with van der Waals surface area (Å²) in [5, 5.41) is 3.58. The average Bonchev–Trinajstić information content (AvgIpc) is 2.13. The summed E-state index contributed by atoms with van der Waals surface area (Å²) in [7, 11) is 0. The summed E-state index contributed by atoms with van der Waals surface area (Å²) in [6, 6.07) is 0.773. The maximum atomic E-state index is 6.19. The molecule has 3 N–H and O–H groups in total. The first kappa shape index (κ1) is 9.47. The van der Waals surface area contributed by atoms with Crippen LogP contribution in [0.3, 0.4) is 0 Å². The molecule has 0 amide bonds. The molecule has 0 spiro atoms. The molecule has 0 bridgehead atoms. The Morgan fingerprint density at radius 2 is 2.08 bits per heavy atom. The second kappa shape index (κ2) is 3.97. The first-order valence-electron chi connectivity index (χ1n) is 5.81. The molecule has 1 atom stereocenters. The van der Waals surface area contributed by atoms with Crippen molar-refractivity contribution in [1.29, 1.82) is 0 Å². The lowest BCUT2D eigenvalue weighted by molar-refractivity contribution is 0.211. The van der Waals surface area contributed by atoms with Crippen molar-refractivity contribution in [1.82, 2.24) is 5.32 Å². The number of hydrogen-bond donors (Lipinski definition) is 2. The lowest BCUT2D eigenvalue weighted by Crippen LogP contribution is -2.48. The molecule has 2 aliphatic rings. The van der Waals surface area contributed by atoms with E-state index in [4.69, 9.17) is 5.73 Å². The normalized spacial score (nSPS) is 32.5. The van der Waals surface area contributed by atoms with Crippen LogP contribution in [0.1, 0.15) is 51.4 Å². The highest BCUT2D eigenvalue weighted by Crippen LogP contribution is 2.34. The number of nitrogens with two attached hydrogens (primary N) is 1. The van der Waals surface area contributed by atoms with Gasteiger partial charge in [0.05, 0.1) is 0 Å². The van der Waals surface area contributed by atoms with Gasteiger partial charge in [0.1, 0.15) is 0 Å². The third kappa shape index (κ3) is 2.44. The first-order valence-corrected chi connectivity index (χ1v) is 5.81. The average molecular weight is 182 g/mol. The van der Waals surface area contributed by atoms with Crippen LogP contribution in [-0.4, -0.2) is 18.1 Å². The first-order chi connectivity index (χ1) is 6.29. The van der Waals surface area contributed by atoms with Crippen molar-refractivity contribution in [2.75, 3.05) is 6.54 Å². The SMILES string of the molecule is NC1(CCC2CCCCN2)CCC1. The topological polar surface area (TPSA) is 38.0 Å². The van der Waals surface area contributed by atoms with Gasteiger partial charge in [-0.15, -0.1) is 0 Å². The summed E-state index contributed by atoms with van der Waals surface area (Å²) in [6.45, 7) is 1.22. The Kier molecular flexibility index (Phi) is 2.89. The fourth-order valence-corrected chi connectivity index (χ4v) is 2.51. The maximum absolute atomic E-state index is 6.19. The van der Waals surface area contributed by atoms with Crippen molar-refractivity contribution in [2.24, 2.45) is 5.73 Å². The summed E-state index contributed by atoms with van der Waals surface area (Å²) >= 11 is 0. The second-order valence-electron chi connectivity index (χ2n) is 4.90. The zero-order chi connectivity index (χ0) is 9.15. The maximum Gasteiger partial charge on any atom is 0.0155 e. The summed E-state index contributed by atoms with van der Waals surface area (Å²) < 4.78 is 0. The van der Waals surface area contributed by atoms with Crippen molar-refractivity contribution in [3.05, 3.63) is 0 Å². The van der Waals surface area contributed by atoms with Crippen LogP contribution >= 0.6 is 0 Å². The molecule has 1 aliphatic heterocycles. The molecule has 2 heteroatoms. The van der Waals surface area contributed by atoms with Crippen molar-refractivity contribution in [3.8, 4) is 0 Å². The lowest BCUT2D eigenvalue weighted by atomic mass is 9.74. The summed E-state index contributed by atoms with van der Waals surface area (Å²) in [5.41, 5.74) is 6.43. The minimum atomic E-state index is 0.235. The Morgan fingerprint density at radius 1 is 1.23 bits per heavy atom. The molecule has 1 saturated carbocycles. The Balaban J connectivity index is 1.66. The molecule has 0 aromatic heterocycles. The highest BCUT2D eigenvalue weighted by Gasteiger charge is 2.32. The van der Waals surface area contributed by atoms with Gasteiger partial charge in [0, 0.05) is 11.6 Å². The Morgan fingerprint density at radius 3 is 2.62 bits per heavy atom. The molecule has 76 valence electrons. The minimum Gasteiger partial charge on any atom is -0.325 e. The van der Waals surface area contributed by atoms with E-state index in [9.17, 15) is 0 Å². The van der Waals surface area contributed by atoms with Crippen LogP contribution in [0, 0.1) is 0 Å². The molecular formula is C11H22N2. The Labute approximate surface area is 81.3 Å². The number of piperidine rings is 1. The molecule has 2 rings (SSSR count). The van der Waals surface area contributed by atoms with E-state index in [1.807, 2.05) is 0 Å². The number of hydrogen-bond acceptors (Lipinski definition) is 2. The van der Waals surface area contributed by atoms with E-state index in [2.05, 4.69) is 5.32 Å². The summed E-state index contributed by atoms with van der Waals surface area (Å²) in [5.74, 6) is 0. The summed E-state index contributed by atoms with van der Waals surface area (Å²) in [6.07, 6.45) is 10.6. The van der Waals surface area contributed by atoms with Gasteiger partial charge in [-0.05, 0) is 51.5 Å². The fourth-order valence-electron chi connectivity index (χ4n) is 2.51. The van der Waals surface area contributed by atoms with Gasteiger partial charge < -0.3 is 11.1 Å². The molecule has 0 radical (unpaired) electrons. The highest BCUT2D eigenvalue weighted by molar-refractivity contribution is 4.93. The van der Waals surface area contributed by atoms with Gasteiger partial charge in [0.15, 0.2) is 0 Å². The molecular weight excluding hydrogens is 160 g/mol. The van der Waals surface area contributed by atoms with Crippen LogP contribution in [0.5, 0.6) is 0 Å². The molecule has 0 aromatic rings. The molecule has 0 aromatic carbocycles. The third-order valence-electron chi connectivity index (χ3n) is 3.75. The van der Waals surface area contributed by atoms with Gasteiger partial charge in [-0.1, -0.05) is 6.42 Å². The molecule has 1 heterocycles. The van der Waals surface area contributed by atoms with Gasteiger partial charge in [-0.2, -0.15) is 0 Å². The van der Waals surface area contributed by atoms with Crippen LogP contribution in [0.25, 0.3) is 0 Å². The second-order valence-corrected chi connectivity index (χ2v) is 4.90. The molecule has 13 heavy (non-hydrogen) atoms. The van der Waals surface area contributed by atoms with E-state index in [-0.39, 0.29) is 5.54 Å². The van der Waals surface area contributed by atoms with Crippen LogP contribution < -0.4 is 11.1 Å². The molecule has 2 nitrogen and oxygen atoms in total. The van der Waals surface area contributed by atoms with E-state index in [1.54, 1.807) is 0 Å². The molecule has 1 saturated heterocycles. The van der Waals surface area contributed by atoms with Crippen LogP contribution in [-0.2, 0) is 0 Å². The van der Waals surface area contributed by atoms with E-state index in [0.29, 0.717) is 0 Å². The lowest BCUT2D eigenvalue weighted by Gasteiger charge is -2.39. The largest absolute Gasteiger partial charge is 0.325 e. The fraction of sp³-hybridized carbons (Fsp3) is 1.00. The van der Waals surface area contributed by atoms with Crippen molar-refractivity contribution >= 4 is 0 Å². The molecule has 2 fully saturated rings. The van der Waals surface area contributed by atoms with Gasteiger partial charge in [0.25, 0.3) is 0 Å². The standard InChI is InChI=1S/C11H22N2/c12-11(6-3-7-11)8-5-10-4-1-2-9-13-10/h10,13H,1-9,12H2. The quantitative estimate of drug-likeness (QED) is 0.698. The van der Waals surface area contributed by atoms with Crippen LogP contribution in [0.15, 0.2) is 0 Å². The van der Waals surface area contributed by atoms with Crippen molar-refractivity contribution in [3.63, 3.8) is 0 Å². The van der Waals surface area contributed by atoms with E-state index in [1.165, 1.54) is 57.9 Å². The van der Waals surface area contributed by atoms with E-state index >= 15 is 0 Å². The predicted octanol–water partition coefficient (Wildman–Crippen LogP) is 1.79. The van der Waals surface area contributed by atoms with E-state index in [0.717, 1.165) is 6.04 Å². The van der Waals surface area contributed by atoms with E-state index < -0.39 is 0 Å². The van der Waals surface area contributed by atoms with Gasteiger partial charge >= 0.3 is 0 Å². The number of nitrogens with one attached hydrogen (secondary N) is 1. The van der Waals surface area contributed by atoms with Gasteiger partial charge in [0.2, 0.25) is 0 Å². The van der Waals surface area contributed by atoms with Crippen molar-refractivity contribution in [2.45, 2.75) is 62.9 Å². The third-order valence-corrected chi connectivity index (χ3v) is 3.75.